The average Bonchev–Trinajstić information content (AvgIpc) is 2.04. The Kier molecular flexibility index (Phi) is 3.23. The highest BCUT2D eigenvalue weighted by Gasteiger charge is 2.06. The van der Waals surface area contributed by atoms with Gasteiger partial charge in [-0.25, -0.2) is 4.84 Å². The molecular weight excluding hydrogens is 162 g/mol. The molecule has 0 bridgehead atoms. The van der Waals surface area contributed by atoms with Crippen molar-refractivity contribution in [3.05, 3.63) is 35.9 Å². The first-order valence-corrected chi connectivity index (χ1v) is 4.27. The zero-order valence-electron chi connectivity index (χ0n) is 8.42. The molecule has 0 aliphatic heterocycles. The van der Waals surface area contributed by atoms with Crippen LogP contribution in [0.3, 0.4) is 0 Å². The summed E-state index contributed by atoms with van der Waals surface area (Å²) in [5.41, 5.74) is 6.27. The average molecular weight is 178 g/mol. The molecular formula is C11H16NO+. The minimum absolute atomic E-state index is 1.06. The second-order valence-electron chi connectivity index (χ2n) is 3.22. The van der Waals surface area contributed by atoms with E-state index >= 15 is 0 Å². The standard InChI is InChI=1S/C11H15NO/c1-8(2)10-6-5-9(3)7-11(10)12-13-4/h5-7,12H,1H2,2-4H3/p+1. The Labute approximate surface area is 79.2 Å². The highest BCUT2D eigenvalue weighted by Crippen LogP contribution is 2.19. The molecule has 0 amide bonds. The molecule has 0 aromatic heterocycles. The van der Waals surface area contributed by atoms with E-state index in [1.54, 1.807) is 12.6 Å². The van der Waals surface area contributed by atoms with Crippen molar-refractivity contribution < 1.29 is 10.3 Å². The third kappa shape index (κ3) is 2.41. The molecule has 70 valence electrons. The Bertz CT molecular complexity index is 318. The van der Waals surface area contributed by atoms with E-state index in [4.69, 9.17) is 4.84 Å². The first-order valence-electron chi connectivity index (χ1n) is 4.27. The highest BCUT2D eigenvalue weighted by molar-refractivity contribution is 5.69. The van der Waals surface area contributed by atoms with E-state index in [0.29, 0.717) is 0 Å². The van der Waals surface area contributed by atoms with Gasteiger partial charge in [-0.3, -0.25) is 0 Å². The Balaban J connectivity index is 3.10. The summed E-state index contributed by atoms with van der Waals surface area (Å²) in [6.07, 6.45) is 0. The van der Waals surface area contributed by atoms with Crippen molar-refractivity contribution in [2.75, 3.05) is 7.11 Å². The number of allylic oxidation sites excluding steroid dienone is 1. The number of quaternary nitrogens is 1. The lowest BCUT2D eigenvalue weighted by molar-refractivity contribution is -0.830. The molecule has 0 aliphatic rings. The predicted octanol–water partition coefficient (Wildman–Crippen LogP) is 1.78. The van der Waals surface area contributed by atoms with Crippen LogP contribution in [0.1, 0.15) is 18.1 Å². The van der Waals surface area contributed by atoms with Gasteiger partial charge in [0.1, 0.15) is 0 Å². The highest BCUT2D eigenvalue weighted by atomic mass is 16.6. The molecule has 0 saturated heterocycles. The smallest absolute Gasteiger partial charge is 0.169 e. The second-order valence-corrected chi connectivity index (χ2v) is 3.22. The van der Waals surface area contributed by atoms with Crippen LogP contribution in [0.25, 0.3) is 5.57 Å². The minimum atomic E-state index is 1.06. The maximum Gasteiger partial charge on any atom is 0.169 e. The Morgan fingerprint density at radius 2 is 2.15 bits per heavy atom. The Hall–Kier alpha value is -1.12. The van der Waals surface area contributed by atoms with Crippen LogP contribution < -0.4 is 5.48 Å². The number of rotatable bonds is 3. The van der Waals surface area contributed by atoms with Gasteiger partial charge >= 0.3 is 0 Å². The van der Waals surface area contributed by atoms with Gasteiger partial charge in [-0.1, -0.05) is 12.6 Å². The van der Waals surface area contributed by atoms with Crippen LogP contribution >= 0.6 is 0 Å². The van der Waals surface area contributed by atoms with E-state index in [1.807, 2.05) is 6.92 Å². The number of nitrogens with two attached hydrogens (primary N) is 1. The maximum atomic E-state index is 5.01. The lowest BCUT2D eigenvalue weighted by Gasteiger charge is -2.05. The fourth-order valence-electron chi connectivity index (χ4n) is 1.30. The topological polar surface area (TPSA) is 25.8 Å². The molecule has 0 unspecified atom stereocenters. The van der Waals surface area contributed by atoms with Gasteiger partial charge in [-0.15, -0.1) is 0 Å². The van der Waals surface area contributed by atoms with Gasteiger partial charge < -0.3 is 0 Å². The van der Waals surface area contributed by atoms with E-state index in [0.717, 1.165) is 16.8 Å². The van der Waals surface area contributed by atoms with Gasteiger partial charge in [0.05, 0.1) is 7.11 Å². The van der Waals surface area contributed by atoms with Crippen LogP contribution in [0.2, 0.25) is 0 Å². The Morgan fingerprint density at radius 1 is 1.46 bits per heavy atom. The van der Waals surface area contributed by atoms with E-state index in [9.17, 15) is 0 Å². The van der Waals surface area contributed by atoms with Gasteiger partial charge in [0, 0.05) is 11.6 Å². The first kappa shape index (κ1) is 9.96. The van der Waals surface area contributed by atoms with Crippen molar-refractivity contribution in [2.24, 2.45) is 0 Å². The molecule has 0 fully saturated rings. The van der Waals surface area contributed by atoms with Crippen LogP contribution in [-0.2, 0) is 4.84 Å². The quantitative estimate of drug-likeness (QED) is 0.554. The van der Waals surface area contributed by atoms with Gasteiger partial charge in [0.2, 0.25) is 0 Å². The first-order chi connectivity index (χ1) is 6.15. The Morgan fingerprint density at radius 3 is 2.69 bits per heavy atom. The normalized spacial score (nSPS) is 10.1. The van der Waals surface area contributed by atoms with Crippen molar-refractivity contribution in [2.45, 2.75) is 13.8 Å². The summed E-state index contributed by atoms with van der Waals surface area (Å²) in [5, 5.41) is 0. The molecule has 0 heterocycles. The predicted molar refractivity (Wildman–Crippen MR) is 54.5 cm³/mol. The molecule has 0 atom stereocenters. The molecule has 13 heavy (non-hydrogen) atoms. The number of hydrogen-bond donors (Lipinski definition) is 1. The molecule has 1 aromatic carbocycles. The van der Waals surface area contributed by atoms with Crippen molar-refractivity contribution in [3.63, 3.8) is 0 Å². The molecule has 0 aliphatic carbocycles. The molecule has 0 saturated carbocycles. The number of aryl methyl sites for hydroxylation is 1. The minimum Gasteiger partial charge on any atom is -0.204 e. The molecule has 2 heteroatoms. The van der Waals surface area contributed by atoms with Gasteiger partial charge in [-0.2, -0.15) is 5.48 Å². The van der Waals surface area contributed by atoms with Gasteiger partial charge in [-0.05, 0) is 31.1 Å². The van der Waals surface area contributed by atoms with Crippen molar-refractivity contribution in [1.29, 1.82) is 0 Å². The lowest BCUT2D eigenvalue weighted by Crippen LogP contribution is -2.76. The van der Waals surface area contributed by atoms with E-state index in [2.05, 4.69) is 31.7 Å². The maximum absolute atomic E-state index is 5.01. The molecule has 0 spiro atoms. The van der Waals surface area contributed by atoms with Gasteiger partial charge in [0.25, 0.3) is 0 Å². The van der Waals surface area contributed by atoms with Crippen molar-refractivity contribution in [1.82, 2.24) is 0 Å². The summed E-state index contributed by atoms with van der Waals surface area (Å²) >= 11 is 0. The third-order valence-electron chi connectivity index (χ3n) is 1.91. The summed E-state index contributed by atoms with van der Waals surface area (Å²) in [5.74, 6) is 0. The lowest BCUT2D eigenvalue weighted by atomic mass is 10.0. The van der Waals surface area contributed by atoms with E-state index in [-0.39, 0.29) is 0 Å². The van der Waals surface area contributed by atoms with Gasteiger partial charge in [0.15, 0.2) is 5.69 Å². The molecule has 2 N–H and O–H groups in total. The monoisotopic (exact) mass is 178 g/mol. The summed E-state index contributed by atoms with van der Waals surface area (Å²) in [4.78, 5) is 5.01. The summed E-state index contributed by atoms with van der Waals surface area (Å²) in [6, 6.07) is 6.24. The zero-order valence-corrected chi connectivity index (χ0v) is 8.42. The van der Waals surface area contributed by atoms with Crippen LogP contribution in [-0.4, -0.2) is 7.11 Å². The molecule has 2 nitrogen and oxygen atoms in total. The van der Waals surface area contributed by atoms with E-state index in [1.165, 1.54) is 5.56 Å². The second kappa shape index (κ2) is 4.21. The number of benzene rings is 1. The van der Waals surface area contributed by atoms with Crippen LogP contribution in [0, 0.1) is 6.92 Å². The summed E-state index contributed by atoms with van der Waals surface area (Å²) in [7, 11) is 1.66. The fraction of sp³-hybridized carbons (Fsp3) is 0.273. The summed E-state index contributed by atoms with van der Waals surface area (Å²) < 4.78 is 0. The fourth-order valence-corrected chi connectivity index (χ4v) is 1.30. The molecule has 1 rings (SSSR count). The number of hydrogen-bond acceptors (Lipinski definition) is 1. The third-order valence-corrected chi connectivity index (χ3v) is 1.91. The van der Waals surface area contributed by atoms with Crippen molar-refractivity contribution >= 4 is 11.3 Å². The summed E-state index contributed by atoms with van der Waals surface area (Å²) in [6.45, 7) is 7.98. The largest absolute Gasteiger partial charge is 0.204 e. The van der Waals surface area contributed by atoms with Crippen LogP contribution in [0.5, 0.6) is 0 Å². The van der Waals surface area contributed by atoms with Crippen molar-refractivity contribution in [3.8, 4) is 0 Å². The zero-order chi connectivity index (χ0) is 9.84. The molecule has 1 aromatic rings. The van der Waals surface area contributed by atoms with Crippen LogP contribution in [0.15, 0.2) is 24.8 Å². The molecule has 0 radical (unpaired) electrons. The SMILES string of the molecule is C=C(C)c1ccc(C)cc1[NH2+]OC. The van der Waals surface area contributed by atoms with E-state index < -0.39 is 0 Å². The van der Waals surface area contributed by atoms with Crippen LogP contribution in [0.4, 0.5) is 5.69 Å².